The summed E-state index contributed by atoms with van der Waals surface area (Å²) in [5, 5.41) is 12.3. The normalized spacial score (nSPS) is 17.5. The van der Waals surface area contributed by atoms with Crippen LogP contribution in [0.4, 0.5) is 11.8 Å². The van der Waals surface area contributed by atoms with Crippen LogP contribution in [0.2, 0.25) is 5.02 Å². The highest BCUT2D eigenvalue weighted by molar-refractivity contribution is 6.33. The Morgan fingerprint density at radius 1 is 1.05 bits per heavy atom. The number of amides is 1. The van der Waals surface area contributed by atoms with Crippen molar-refractivity contribution in [2.45, 2.75) is 38.6 Å². The molecule has 4 aromatic rings. The minimum Gasteiger partial charge on any atom is -0.362 e. The van der Waals surface area contributed by atoms with Crippen molar-refractivity contribution < 1.29 is 9.32 Å². The van der Waals surface area contributed by atoms with Crippen molar-refractivity contribution in [1.29, 1.82) is 0 Å². The maximum atomic E-state index is 13.1. The molecule has 0 radical (unpaired) electrons. The number of carbonyl (C=O) groups is 1. The van der Waals surface area contributed by atoms with Crippen LogP contribution >= 0.6 is 11.6 Å². The average molecular weight is 519 g/mol. The first-order valence-electron chi connectivity index (χ1n) is 12.6. The van der Waals surface area contributed by atoms with Gasteiger partial charge in [-0.05, 0) is 56.7 Å². The Kier molecular flexibility index (Phi) is 7.28. The molecule has 9 heteroatoms. The van der Waals surface area contributed by atoms with E-state index in [-0.39, 0.29) is 5.91 Å². The van der Waals surface area contributed by atoms with E-state index < -0.39 is 0 Å². The number of rotatable bonds is 7. The summed E-state index contributed by atoms with van der Waals surface area (Å²) in [7, 11) is 3.99. The lowest BCUT2D eigenvalue weighted by molar-refractivity contribution is 0.0942. The summed E-state index contributed by atoms with van der Waals surface area (Å²) < 4.78 is 5.35. The molecule has 2 aromatic carbocycles. The van der Waals surface area contributed by atoms with Gasteiger partial charge in [-0.1, -0.05) is 47.1 Å². The van der Waals surface area contributed by atoms with Crippen LogP contribution in [-0.2, 0) is 0 Å². The van der Waals surface area contributed by atoms with Gasteiger partial charge in [0, 0.05) is 37.6 Å². The van der Waals surface area contributed by atoms with Gasteiger partial charge in [-0.25, -0.2) is 4.98 Å². The summed E-state index contributed by atoms with van der Waals surface area (Å²) in [4.78, 5) is 24.6. The Labute approximate surface area is 221 Å². The standard InChI is InChI=1S/C28H31ClN6O2/c1-17-24(25(34-37-17)20-8-4-6-10-22(20)29)27(36)30-16-18-12-14-19(15-13-18)31-28-32-23-11-7-5-9-21(23)26(33-28)35(2)3/h4-11,18-19H,12-16H2,1-3H3,(H,30,36)(H,31,32,33). The monoisotopic (exact) mass is 518 g/mol. The predicted octanol–water partition coefficient (Wildman–Crippen LogP) is 5.71. The van der Waals surface area contributed by atoms with Gasteiger partial charge in [0.1, 0.15) is 22.8 Å². The number of para-hydroxylation sites is 1. The molecule has 1 fully saturated rings. The number of carbonyl (C=O) groups excluding carboxylic acids is 1. The molecule has 1 aliphatic carbocycles. The van der Waals surface area contributed by atoms with Crippen molar-refractivity contribution in [3.05, 3.63) is 64.9 Å². The molecule has 2 N–H and O–H groups in total. The third-order valence-electron chi connectivity index (χ3n) is 6.96. The van der Waals surface area contributed by atoms with Gasteiger partial charge >= 0.3 is 0 Å². The molecule has 0 unspecified atom stereocenters. The van der Waals surface area contributed by atoms with E-state index in [1.54, 1.807) is 13.0 Å². The highest BCUT2D eigenvalue weighted by atomic mass is 35.5. The van der Waals surface area contributed by atoms with E-state index in [4.69, 9.17) is 26.1 Å². The predicted molar refractivity (Wildman–Crippen MR) is 147 cm³/mol. The third-order valence-corrected chi connectivity index (χ3v) is 7.29. The van der Waals surface area contributed by atoms with E-state index in [0.717, 1.165) is 42.4 Å². The fourth-order valence-electron chi connectivity index (χ4n) is 4.96. The zero-order valence-electron chi connectivity index (χ0n) is 21.3. The lowest BCUT2D eigenvalue weighted by Crippen LogP contribution is -2.34. The molecule has 2 aromatic heterocycles. The Balaban J connectivity index is 1.18. The minimum atomic E-state index is -0.185. The van der Waals surface area contributed by atoms with E-state index in [2.05, 4.69) is 15.8 Å². The van der Waals surface area contributed by atoms with E-state index >= 15 is 0 Å². The summed E-state index contributed by atoms with van der Waals surface area (Å²) in [6.07, 6.45) is 3.99. The zero-order valence-corrected chi connectivity index (χ0v) is 22.0. The van der Waals surface area contributed by atoms with E-state index in [9.17, 15) is 4.79 Å². The number of anilines is 2. The van der Waals surface area contributed by atoms with Crippen LogP contribution in [0.1, 0.15) is 41.8 Å². The second kappa shape index (κ2) is 10.8. The Hall–Kier alpha value is -3.65. The highest BCUT2D eigenvalue weighted by Gasteiger charge is 2.26. The van der Waals surface area contributed by atoms with Gasteiger partial charge in [0.05, 0.1) is 10.5 Å². The summed E-state index contributed by atoms with van der Waals surface area (Å²) in [5.41, 5.74) is 2.53. The molecule has 8 nitrogen and oxygen atoms in total. The average Bonchev–Trinajstić information content (AvgIpc) is 3.29. The molecule has 0 atom stereocenters. The molecule has 0 spiro atoms. The third kappa shape index (κ3) is 5.39. The summed E-state index contributed by atoms with van der Waals surface area (Å²) in [6.45, 7) is 2.35. The number of aryl methyl sites for hydroxylation is 1. The maximum Gasteiger partial charge on any atom is 0.257 e. The molecule has 37 heavy (non-hydrogen) atoms. The number of benzene rings is 2. The number of nitrogens with one attached hydrogen (secondary N) is 2. The molecule has 0 saturated heterocycles. The first-order valence-corrected chi connectivity index (χ1v) is 13.0. The molecule has 0 bridgehead atoms. The Bertz CT molecular complexity index is 1410. The van der Waals surface area contributed by atoms with Gasteiger partial charge < -0.3 is 20.1 Å². The first-order chi connectivity index (χ1) is 17.9. The molecular formula is C28H31ClN6O2. The van der Waals surface area contributed by atoms with Gasteiger partial charge in [-0.3, -0.25) is 4.79 Å². The molecular weight excluding hydrogens is 488 g/mol. The van der Waals surface area contributed by atoms with E-state index in [0.29, 0.717) is 52.1 Å². The number of hydrogen-bond acceptors (Lipinski definition) is 7. The molecule has 1 amide bonds. The zero-order chi connectivity index (χ0) is 25.9. The Morgan fingerprint density at radius 2 is 1.78 bits per heavy atom. The quantitative estimate of drug-likeness (QED) is 0.323. The lowest BCUT2D eigenvalue weighted by Gasteiger charge is -2.29. The lowest BCUT2D eigenvalue weighted by atomic mass is 9.86. The van der Waals surface area contributed by atoms with Crippen LogP contribution in [0.5, 0.6) is 0 Å². The minimum absolute atomic E-state index is 0.185. The van der Waals surface area contributed by atoms with Crippen LogP contribution in [0, 0.1) is 12.8 Å². The maximum absolute atomic E-state index is 13.1. The summed E-state index contributed by atoms with van der Waals surface area (Å²) >= 11 is 6.34. The van der Waals surface area contributed by atoms with Crippen molar-refractivity contribution in [3.63, 3.8) is 0 Å². The fraction of sp³-hybridized carbons (Fsp3) is 0.357. The van der Waals surface area contributed by atoms with Gasteiger partial charge in [-0.15, -0.1) is 0 Å². The first kappa shape index (κ1) is 25.0. The van der Waals surface area contributed by atoms with Crippen LogP contribution in [0.15, 0.2) is 53.1 Å². The number of halogens is 1. The van der Waals surface area contributed by atoms with Crippen LogP contribution in [0.3, 0.4) is 0 Å². The second-order valence-electron chi connectivity index (χ2n) is 9.80. The van der Waals surface area contributed by atoms with Crippen LogP contribution in [0.25, 0.3) is 22.2 Å². The topological polar surface area (TPSA) is 96.2 Å². The number of aromatic nitrogens is 3. The van der Waals surface area contributed by atoms with Crippen molar-refractivity contribution in [2.75, 3.05) is 30.9 Å². The van der Waals surface area contributed by atoms with Gasteiger partial charge in [0.15, 0.2) is 0 Å². The molecule has 192 valence electrons. The number of fused-ring (bicyclic) bond motifs is 1. The van der Waals surface area contributed by atoms with E-state index in [1.807, 2.05) is 61.5 Å². The van der Waals surface area contributed by atoms with Crippen molar-refractivity contribution >= 4 is 40.2 Å². The van der Waals surface area contributed by atoms with Gasteiger partial charge in [-0.2, -0.15) is 4.98 Å². The van der Waals surface area contributed by atoms with E-state index in [1.165, 1.54) is 0 Å². The molecule has 1 aliphatic rings. The molecule has 1 saturated carbocycles. The van der Waals surface area contributed by atoms with Crippen molar-refractivity contribution in [2.24, 2.45) is 5.92 Å². The Morgan fingerprint density at radius 3 is 2.54 bits per heavy atom. The van der Waals surface area contributed by atoms with Crippen molar-refractivity contribution in [1.82, 2.24) is 20.4 Å². The molecule has 5 rings (SSSR count). The van der Waals surface area contributed by atoms with Gasteiger partial charge in [0.2, 0.25) is 5.95 Å². The second-order valence-corrected chi connectivity index (χ2v) is 10.2. The van der Waals surface area contributed by atoms with Gasteiger partial charge in [0.25, 0.3) is 5.91 Å². The summed E-state index contributed by atoms with van der Waals surface area (Å²) in [5.74, 6) is 2.27. The number of hydrogen-bond donors (Lipinski definition) is 2. The van der Waals surface area contributed by atoms with Crippen LogP contribution in [-0.4, -0.2) is 47.7 Å². The largest absolute Gasteiger partial charge is 0.362 e. The summed E-state index contributed by atoms with van der Waals surface area (Å²) in [6, 6.07) is 15.7. The van der Waals surface area contributed by atoms with Crippen molar-refractivity contribution in [3.8, 4) is 11.3 Å². The smallest absolute Gasteiger partial charge is 0.257 e. The SMILES string of the molecule is Cc1onc(-c2ccccc2Cl)c1C(=O)NCC1CCC(Nc2nc(N(C)C)c3ccccc3n2)CC1. The number of nitrogens with zero attached hydrogens (tertiary/aromatic N) is 4. The molecule has 0 aliphatic heterocycles. The molecule has 2 heterocycles. The van der Waals surface area contributed by atoms with Crippen LogP contribution < -0.4 is 15.5 Å². The highest BCUT2D eigenvalue weighted by Crippen LogP contribution is 2.32. The fourth-order valence-corrected chi connectivity index (χ4v) is 5.19.